The van der Waals surface area contributed by atoms with Crippen molar-refractivity contribution in [3.63, 3.8) is 0 Å². The molecule has 0 spiro atoms. The highest BCUT2D eigenvalue weighted by Gasteiger charge is 2.44. The van der Waals surface area contributed by atoms with Crippen molar-refractivity contribution in [2.45, 2.75) is 44.1 Å². The van der Waals surface area contributed by atoms with Crippen LogP contribution in [0, 0.1) is 0 Å². The summed E-state index contributed by atoms with van der Waals surface area (Å²) in [7, 11) is 3.32. The Morgan fingerprint density at radius 3 is 2.45 bits per heavy atom. The Hall–Kier alpha value is -2.69. The van der Waals surface area contributed by atoms with E-state index >= 15 is 0 Å². The van der Waals surface area contributed by atoms with Crippen LogP contribution in [0.5, 0.6) is 17.2 Å². The van der Waals surface area contributed by atoms with Gasteiger partial charge in [0.1, 0.15) is 11.9 Å². The summed E-state index contributed by atoms with van der Waals surface area (Å²) < 4.78 is 16.9. The predicted molar refractivity (Wildman–Crippen MR) is 112 cm³/mol. The number of benzene rings is 2. The van der Waals surface area contributed by atoms with Crippen molar-refractivity contribution in [2.75, 3.05) is 27.3 Å². The maximum atomic E-state index is 13.5. The van der Waals surface area contributed by atoms with Crippen molar-refractivity contribution >= 4 is 5.91 Å². The number of carbonyl (C=O) groups is 1. The van der Waals surface area contributed by atoms with Crippen molar-refractivity contribution in [1.29, 1.82) is 0 Å². The Morgan fingerprint density at radius 1 is 1.03 bits per heavy atom. The summed E-state index contributed by atoms with van der Waals surface area (Å²) >= 11 is 0. The number of fused-ring (bicyclic) bond motifs is 1. The van der Waals surface area contributed by atoms with Crippen molar-refractivity contribution in [1.82, 2.24) is 4.90 Å². The molecule has 1 amide bonds. The van der Waals surface area contributed by atoms with Gasteiger partial charge in [0.25, 0.3) is 0 Å². The molecule has 1 aliphatic heterocycles. The van der Waals surface area contributed by atoms with Gasteiger partial charge in [-0.1, -0.05) is 18.2 Å². The Morgan fingerprint density at radius 2 is 1.76 bits per heavy atom. The van der Waals surface area contributed by atoms with E-state index in [2.05, 4.69) is 13.0 Å². The van der Waals surface area contributed by atoms with Gasteiger partial charge in [-0.05, 0) is 55.2 Å². The quantitative estimate of drug-likeness (QED) is 0.768. The van der Waals surface area contributed by atoms with Crippen molar-refractivity contribution in [2.24, 2.45) is 0 Å². The molecule has 0 N–H and O–H groups in total. The summed E-state index contributed by atoms with van der Waals surface area (Å²) in [6, 6.07) is 13.8. The molecule has 2 aliphatic rings. The third-order valence-electron chi connectivity index (χ3n) is 6.37. The second kappa shape index (κ2) is 7.97. The Kier molecular flexibility index (Phi) is 5.39. The van der Waals surface area contributed by atoms with E-state index in [9.17, 15) is 4.79 Å². The SMILES string of the molecule is COc1ccc2c(c1)C(C)(C(=O)N1CCC(Oc3ccccc3OC)CC1)CC2. The number of nitrogens with zero attached hydrogens (tertiary/aromatic N) is 1. The van der Waals surface area contributed by atoms with E-state index in [4.69, 9.17) is 14.2 Å². The molecular weight excluding hydrogens is 366 g/mol. The Bertz CT molecular complexity index is 888. The zero-order valence-electron chi connectivity index (χ0n) is 17.4. The van der Waals surface area contributed by atoms with E-state index in [1.165, 1.54) is 5.56 Å². The van der Waals surface area contributed by atoms with E-state index in [1.807, 2.05) is 41.3 Å². The number of hydrogen-bond donors (Lipinski definition) is 0. The number of methoxy groups -OCH3 is 2. The number of aryl methyl sites for hydroxylation is 1. The molecule has 0 aromatic heterocycles. The molecule has 29 heavy (non-hydrogen) atoms. The summed E-state index contributed by atoms with van der Waals surface area (Å²) in [5.74, 6) is 2.55. The third-order valence-corrected chi connectivity index (χ3v) is 6.37. The first kappa shape index (κ1) is 19.6. The predicted octanol–water partition coefficient (Wildman–Crippen LogP) is 3.98. The lowest BCUT2D eigenvalue weighted by Crippen LogP contribution is -2.49. The first-order chi connectivity index (χ1) is 14.0. The van der Waals surface area contributed by atoms with Crippen LogP contribution in [0.1, 0.15) is 37.3 Å². The lowest BCUT2D eigenvalue weighted by molar-refractivity contribution is -0.138. The fraction of sp³-hybridized carbons (Fsp3) is 0.458. The number of likely N-dealkylation sites (tertiary alicyclic amines) is 1. The van der Waals surface area contributed by atoms with Gasteiger partial charge in [0.15, 0.2) is 11.5 Å². The summed E-state index contributed by atoms with van der Waals surface area (Å²) in [6.45, 7) is 3.51. The number of hydrogen-bond acceptors (Lipinski definition) is 4. The van der Waals surface area contributed by atoms with Crippen molar-refractivity contribution in [3.05, 3.63) is 53.6 Å². The van der Waals surface area contributed by atoms with Crippen LogP contribution in [0.25, 0.3) is 0 Å². The highest BCUT2D eigenvalue weighted by Crippen LogP contribution is 2.42. The largest absolute Gasteiger partial charge is 0.497 e. The van der Waals surface area contributed by atoms with Crippen LogP contribution in [0.2, 0.25) is 0 Å². The van der Waals surface area contributed by atoms with E-state index in [1.54, 1.807) is 14.2 Å². The number of carbonyl (C=O) groups excluding carboxylic acids is 1. The van der Waals surface area contributed by atoms with Crippen LogP contribution in [-0.4, -0.2) is 44.2 Å². The fourth-order valence-electron chi connectivity index (χ4n) is 4.58. The maximum Gasteiger partial charge on any atom is 0.232 e. The average Bonchev–Trinajstić information content (AvgIpc) is 3.11. The molecule has 5 nitrogen and oxygen atoms in total. The molecule has 154 valence electrons. The molecule has 1 saturated heterocycles. The van der Waals surface area contributed by atoms with E-state index in [-0.39, 0.29) is 12.0 Å². The zero-order valence-corrected chi connectivity index (χ0v) is 17.4. The van der Waals surface area contributed by atoms with Crippen LogP contribution in [-0.2, 0) is 16.6 Å². The molecule has 4 rings (SSSR count). The van der Waals surface area contributed by atoms with Gasteiger partial charge in [0.2, 0.25) is 5.91 Å². The molecule has 2 aromatic carbocycles. The monoisotopic (exact) mass is 395 g/mol. The van der Waals surface area contributed by atoms with Gasteiger partial charge >= 0.3 is 0 Å². The molecule has 0 saturated carbocycles. The van der Waals surface area contributed by atoms with Gasteiger partial charge in [-0.2, -0.15) is 0 Å². The Labute approximate surface area is 172 Å². The molecule has 1 heterocycles. The lowest BCUT2D eigenvalue weighted by Gasteiger charge is -2.37. The molecule has 5 heteroatoms. The minimum Gasteiger partial charge on any atom is -0.497 e. The summed E-state index contributed by atoms with van der Waals surface area (Å²) in [5, 5.41) is 0. The molecule has 0 bridgehead atoms. The summed E-state index contributed by atoms with van der Waals surface area (Å²) in [5.41, 5.74) is 1.91. The number of ether oxygens (including phenoxy) is 3. The molecule has 0 radical (unpaired) electrons. The van der Waals surface area contributed by atoms with Gasteiger partial charge in [0.05, 0.1) is 19.6 Å². The van der Waals surface area contributed by atoms with E-state index in [0.29, 0.717) is 13.1 Å². The van der Waals surface area contributed by atoms with Crippen molar-refractivity contribution in [3.8, 4) is 17.2 Å². The van der Waals surface area contributed by atoms with Gasteiger partial charge in [0, 0.05) is 25.9 Å². The molecule has 2 aromatic rings. The van der Waals surface area contributed by atoms with Crippen LogP contribution < -0.4 is 14.2 Å². The molecule has 1 fully saturated rings. The number of para-hydroxylation sites is 2. The smallest absolute Gasteiger partial charge is 0.232 e. The van der Waals surface area contributed by atoms with Crippen LogP contribution >= 0.6 is 0 Å². The van der Waals surface area contributed by atoms with Gasteiger partial charge in [-0.25, -0.2) is 0 Å². The van der Waals surface area contributed by atoms with E-state index < -0.39 is 5.41 Å². The second-order valence-corrected chi connectivity index (χ2v) is 8.12. The highest BCUT2D eigenvalue weighted by molar-refractivity contribution is 5.89. The molecular formula is C24H29NO4. The fourth-order valence-corrected chi connectivity index (χ4v) is 4.58. The number of piperidine rings is 1. The standard InChI is InChI=1S/C24H29NO4/c1-24(13-10-17-8-9-19(27-2)16-20(17)24)23(26)25-14-11-18(12-15-25)29-22-7-5-4-6-21(22)28-3/h4-9,16,18H,10-15H2,1-3H3. The van der Waals surface area contributed by atoms with Crippen molar-refractivity contribution < 1.29 is 19.0 Å². The molecule has 1 unspecified atom stereocenters. The van der Waals surface area contributed by atoms with Crippen LogP contribution in [0.4, 0.5) is 0 Å². The number of amides is 1. The van der Waals surface area contributed by atoms with E-state index in [0.717, 1.165) is 48.5 Å². The summed E-state index contributed by atoms with van der Waals surface area (Å²) in [6.07, 6.45) is 3.54. The Balaban J connectivity index is 1.42. The van der Waals surface area contributed by atoms with Gasteiger partial charge < -0.3 is 19.1 Å². The van der Waals surface area contributed by atoms with Gasteiger partial charge in [-0.15, -0.1) is 0 Å². The first-order valence-corrected chi connectivity index (χ1v) is 10.3. The lowest BCUT2D eigenvalue weighted by atomic mass is 9.82. The highest BCUT2D eigenvalue weighted by atomic mass is 16.5. The minimum atomic E-state index is -0.472. The van der Waals surface area contributed by atoms with Crippen LogP contribution in [0.15, 0.2) is 42.5 Å². The van der Waals surface area contributed by atoms with Gasteiger partial charge in [-0.3, -0.25) is 4.79 Å². The minimum absolute atomic E-state index is 0.0964. The molecule has 1 atom stereocenters. The molecule has 1 aliphatic carbocycles. The zero-order chi connectivity index (χ0) is 20.4. The average molecular weight is 395 g/mol. The third kappa shape index (κ3) is 3.66. The second-order valence-electron chi connectivity index (χ2n) is 8.12. The first-order valence-electron chi connectivity index (χ1n) is 10.3. The van der Waals surface area contributed by atoms with Crippen LogP contribution in [0.3, 0.4) is 0 Å². The topological polar surface area (TPSA) is 48.0 Å². The number of rotatable bonds is 5. The summed E-state index contributed by atoms with van der Waals surface area (Å²) in [4.78, 5) is 15.5. The normalized spacial score (nSPS) is 21.6. The maximum absolute atomic E-state index is 13.5.